The van der Waals surface area contributed by atoms with Crippen LogP contribution in [0.3, 0.4) is 0 Å². The van der Waals surface area contributed by atoms with Crippen LogP contribution in [0.5, 0.6) is 11.5 Å². The number of nitrogens with zero attached hydrogens (tertiary/aromatic N) is 3. The fourth-order valence-corrected chi connectivity index (χ4v) is 7.41. The summed E-state index contributed by atoms with van der Waals surface area (Å²) in [6.07, 6.45) is 5.78. The molecule has 1 saturated carbocycles. The fourth-order valence-electron chi connectivity index (χ4n) is 6.58. The molecule has 2 aliphatic heterocycles. The number of hydrogen-bond donors (Lipinski definition) is 1. The highest BCUT2D eigenvalue weighted by Crippen LogP contribution is 2.49. The second kappa shape index (κ2) is 11.9. The molecule has 0 spiro atoms. The van der Waals surface area contributed by atoms with Crippen LogP contribution in [-0.2, 0) is 21.5 Å². The Balaban J connectivity index is 1.61. The molecule has 1 fully saturated rings. The maximum atomic E-state index is 13.3. The molecule has 0 unspecified atom stereocenters. The van der Waals surface area contributed by atoms with E-state index in [-0.39, 0.29) is 19.2 Å². The Hall–Kier alpha value is -3.12. The van der Waals surface area contributed by atoms with Gasteiger partial charge in [0.1, 0.15) is 6.61 Å². The number of amides is 1. The monoisotopic (exact) mass is 596 g/mol. The van der Waals surface area contributed by atoms with Crippen LogP contribution in [-0.4, -0.2) is 88.3 Å². The predicted molar refractivity (Wildman–Crippen MR) is 161 cm³/mol. The molecule has 1 aromatic heterocycles. The smallest absolute Gasteiger partial charge is 0.303 e. The lowest BCUT2D eigenvalue weighted by molar-refractivity contribution is 0.0760. The second-order valence-electron chi connectivity index (χ2n) is 11.6. The maximum Gasteiger partial charge on any atom is 0.303 e. The highest BCUT2D eigenvalue weighted by atomic mass is 32.2. The van der Waals surface area contributed by atoms with Crippen LogP contribution in [0.25, 0.3) is 22.2 Å². The average molecular weight is 597 g/mol. The van der Waals surface area contributed by atoms with Crippen molar-refractivity contribution in [2.45, 2.75) is 50.6 Å². The van der Waals surface area contributed by atoms with Crippen molar-refractivity contribution in [3.05, 3.63) is 47.5 Å². The van der Waals surface area contributed by atoms with Gasteiger partial charge in [0.15, 0.2) is 11.5 Å². The lowest BCUT2D eigenvalue weighted by atomic mass is 9.81. The summed E-state index contributed by atoms with van der Waals surface area (Å²) in [4.78, 5) is 15.6. The third kappa shape index (κ3) is 5.39. The lowest BCUT2D eigenvalue weighted by Crippen LogP contribution is -2.44. The van der Waals surface area contributed by atoms with Crippen molar-refractivity contribution in [1.29, 1.82) is 0 Å². The molecule has 3 heterocycles. The number of para-hydroxylation sites is 1. The van der Waals surface area contributed by atoms with Crippen molar-refractivity contribution in [3.8, 4) is 22.8 Å². The molecule has 1 atom stereocenters. The third-order valence-electron chi connectivity index (χ3n) is 9.04. The molecule has 226 valence electrons. The van der Waals surface area contributed by atoms with Crippen molar-refractivity contribution in [1.82, 2.24) is 18.5 Å². The van der Waals surface area contributed by atoms with Gasteiger partial charge in [-0.15, -0.1) is 0 Å². The van der Waals surface area contributed by atoms with Crippen molar-refractivity contribution in [2.75, 3.05) is 54.1 Å². The Morgan fingerprint density at radius 2 is 1.81 bits per heavy atom. The first-order valence-electron chi connectivity index (χ1n) is 14.8. The van der Waals surface area contributed by atoms with Crippen molar-refractivity contribution >= 4 is 27.0 Å². The Morgan fingerprint density at radius 3 is 2.60 bits per heavy atom. The predicted octanol–water partition coefficient (Wildman–Crippen LogP) is 3.99. The van der Waals surface area contributed by atoms with Crippen LogP contribution in [0.2, 0.25) is 0 Å². The number of hydrogen-bond acceptors (Lipinski definition) is 7. The Labute approximate surface area is 247 Å². The molecule has 10 nitrogen and oxygen atoms in total. The van der Waals surface area contributed by atoms with Gasteiger partial charge in [0.25, 0.3) is 5.91 Å². The quantitative estimate of drug-likeness (QED) is 0.477. The van der Waals surface area contributed by atoms with Gasteiger partial charge in [-0.25, -0.2) is 4.72 Å². The Bertz CT molecular complexity index is 1580. The first-order chi connectivity index (χ1) is 20.3. The van der Waals surface area contributed by atoms with E-state index >= 15 is 0 Å². The maximum absolute atomic E-state index is 13.3. The first-order valence-corrected chi connectivity index (χ1v) is 16.2. The molecule has 0 saturated heterocycles. The largest absolute Gasteiger partial charge is 0.493 e. The van der Waals surface area contributed by atoms with Gasteiger partial charge in [-0.1, -0.05) is 31.4 Å². The number of rotatable bonds is 2. The number of nitrogens with one attached hydrogen (secondary N) is 1. The summed E-state index contributed by atoms with van der Waals surface area (Å²) >= 11 is 0. The minimum atomic E-state index is -4.03. The van der Waals surface area contributed by atoms with E-state index in [0.29, 0.717) is 43.5 Å². The van der Waals surface area contributed by atoms with E-state index in [9.17, 15) is 13.2 Å². The molecule has 3 aromatic rings. The Morgan fingerprint density at radius 1 is 1.02 bits per heavy atom. The molecule has 6 rings (SSSR count). The molecule has 3 aliphatic rings. The van der Waals surface area contributed by atoms with Gasteiger partial charge in [-0.05, 0) is 55.6 Å². The summed E-state index contributed by atoms with van der Waals surface area (Å²) in [7, 11) is 1.14. The number of carbonyl (C=O) groups is 1. The summed E-state index contributed by atoms with van der Waals surface area (Å²) in [5.41, 5.74) is 4.55. The number of fused-ring (bicyclic) bond motifs is 4. The van der Waals surface area contributed by atoms with E-state index in [1.807, 2.05) is 24.3 Å². The molecule has 4 bridgehead atoms. The van der Waals surface area contributed by atoms with Gasteiger partial charge in [-0.3, -0.25) is 9.69 Å². The molecule has 42 heavy (non-hydrogen) atoms. The van der Waals surface area contributed by atoms with Crippen molar-refractivity contribution < 1.29 is 27.4 Å². The Kier molecular flexibility index (Phi) is 8.19. The average Bonchev–Trinajstić information content (AvgIpc) is 3.29. The van der Waals surface area contributed by atoms with Crippen LogP contribution in [0.1, 0.15) is 53.9 Å². The molecule has 2 aromatic carbocycles. The number of methoxy groups -OCH3 is 1. The molecular weight excluding hydrogens is 556 g/mol. The van der Waals surface area contributed by atoms with E-state index in [4.69, 9.17) is 14.2 Å². The molecule has 1 N–H and O–H groups in total. The first kappa shape index (κ1) is 29.0. The zero-order chi connectivity index (χ0) is 29.4. The van der Waals surface area contributed by atoms with E-state index in [1.165, 1.54) is 31.9 Å². The third-order valence-corrected chi connectivity index (χ3v) is 10.5. The van der Waals surface area contributed by atoms with E-state index in [1.54, 1.807) is 13.2 Å². The van der Waals surface area contributed by atoms with Gasteiger partial charge in [0.05, 0.1) is 32.1 Å². The summed E-state index contributed by atoms with van der Waals surface area (Å²) < 4.78 is 49.7. The molecule has 1 aliphatic carbocycles. The summed E-state index contributed by atoms with van der Waals surface area (Å²) in [6, 6.07) is 11.6. The fraction of sp³-hybridized carbons (Fsp3) is 0.516. The summed E-state index contributed by atoms with van der Waals surface area (Å²) in [5.74, 6) is 1.11. The normalized spacial score (nSPS) is 22.7. The minimum absolute atomic E-state index is 0.00802. The summed E-state index contributed by atoms with van der Waals surface area (Å²) in [6.45, 7) is 2.51. The lowest BCUT2D eigenvalue weighted by Gasteiger charge is -2.33. The van der Waals surface area contributed by atoms with Gasteiger partial charge in [0.2, 0.25) is 0 Å². The van der Waals surface area contributed by atoms with E-state index < -0.39 is 16.1 Å². The van der Waals surface area contributed by atoms with E-state index in [0.717, 1.165) is 45.1 Å². The zero-order valence-corrected chi connectivity index (χ0v) is 25.4. The molecule has 0 radical (unpaired) electrons. The van der Waals surface area contributed by atoms with Crippen LogP contribution < -0.4 is 14.2 Å². The SMILES string of the molecule is COc1cccc2c1OC[C@H]1Cn3c-2c(C2CCCCC2)c2ccc(cc23)C(=O)NS(=O)(=O)N(C)CCOCCN1C. The van der Waals surface area contributed by atoms with Crippen molar-refractivity contribution in [2.24, 2.45) is 0 Å². The highest BCUT2D eigenvalue weighted by molar-refractivity contribution is 7.87. The van der Waals surface area contributed by atoms with Crippen molar-refractivity contribution in [3.63, 3.8) is 0 Å². The van der Waals surface area contributed by atoms with Crippen LogP contribution in [0.4, 0.5) is 0 Å². The molecule has 11 heteroatoms. The van der Waals surface area contributed by atoms with E-state index in [2.05, 4.69) is 27.3 Å². The van der Waals surface area contributed by atoms with Crippen LogP contribution >= 0.6 is 0 Å². The number of ether oxygens (including phenoxy) is 3. The number of carbonyl (C=O) groups excluding carboxylic acids is 1. The van der Waals surface area contributed by atoms with Crippen LogP contribution in [0, 0.1) is 0 Å². The second-order valence-corrected chi connectivity index (χ2v) is 13.4. The van der Waals surface area contributed by atoms with Gasteiger partial charge in [0, 0.05) is 48.7 Å². The number of aromatic nitrogens is 1. The van der Waals surface area contributed by atoms with Gasteiger partial charge < -0.3 is 18.8 Å². The van der Waals surface area contributed by atoms with Crippen LogP contribution in [0.15, 0.2) is 36.4 Å². The topological polar surface area (TPSA) is 102 Å². The molecule has 1 amide bonds. The van der Waals surface area contributed by atoms with Gasteiger partial charge >= 0.3 is 10.2 Å². The highest BCUT2D eigenvalue weighted by Gasteiger charge is 2.33. The summed E-state index contributed by atoms with van der Waals surface area (Å²) in [5, 5.41) is 1.09. The minimum Gasteiger partial charge on any atom is -0.493 e. The standard InChI is InChI=1S/C31H40N4O6S/c1-33-14-16-40-17-15-34(2)42(37,38)32-31(36)22-12-13-24-26(18-22)35-19-23(33)20-41-30-25(10-7-11-27(30)39-3)29(35)28(24)21-8-5-4-6-9-21/h7,10-13,18,21,23H,4-6,8-9,14-17,19-20H2,1-3H3,(H,32,36)/t23-/m1/s1. The zero-order valence-electron chi connectivity index (χ0n) is 24.6. The number of benzene rings is 2. The molecular formula is C31H40N4O6S. The number of likely N-dealkylation sites (N-methyl/N-ethyl adjacent to an activating group) is 2. The van der Waals surface area contributed by atoms with Gasteiger partial charge in [-0.2, -0.15) is 12.7 Å².